The molecule has 126 valence electrons. The van der Waals surface area contributed by atoms with Crippen LogP contribution < -0.4 is 5.32 Å². The normalized spacial score (nSPS) is 12.5. The zero-order chi connectivity index (χ0) is 17.1. The third kappa shape index (κ3) is 3.47. The van der Waals surface area contributed by atoms with E-state index < -0.39 is 0 Å². The average molecular weight is 361 g/mol. The molecule has 0 aliphatic rings. The van der Waals surface area contributed by atoms with E-state index >= 15 is 0 Å². The number of nitrogens with one attached hydrogen (secondary N) is 2. The van der Waals surface area contributed by atoms with Crippen molar-refractivity contribution in [3.63, 3.8) is 0 Å². The summed E-state index contributed by atoms with van der Waals surface area (Å²) < 4.78 is 0.812. The zero-order valence-corrected chi connectivity index (χ0v) is 15.6. The number of carbonyl (C=O) groups is 1. The molecule has 0 aliphatic heterocycles. The van der Waals surface area contributed by atoms with Crippen LogP contribution in [0, 0.1) is 6.92 Å². The van der Waals surface area contributed by atoms with Crippen molar-refractivity contribution in [2.45, 2.75) is 36.8 Å². The molecule has 0 amide bonds. The molecule has 1 atom stereocenters. The number of aromatic amines is 1. The molecule has 1 aromatic carbocycles. The SMILES string of the molecule is CCCNc1nnc(S[C@@H](C)C(=O)c2c(C)[nH]c3ccccc23)s1. The van der Waals surface area contributed by atoms with Gasteiger partial charge < -0.3 is 10.3 Å². The van der Waals surface area contributed by atoms with E-state index in [1.54, 1.807) is 0 Å². The Labute approximate surface area is 149 Å². The Morgan fingerprint density at radius 3 is 2.96 bits per heavy atom. The van der Waals surface area contributed by atoms with Crippen LogP contribution in [0.4, 0.5) is 5.13 Å². The van der Waals surface area contributed by atoms with Crippen LogP contribution in [0.15, 0.2) is 28.6 Å². The summed E-state index contributed by atoms with van der Waals surface area (Å²) in [4.78, 5) is 16.2. The second-order valence-electron chi connectivity index (χ2n) is 5.59. The van der Waals surface area contributed by atoms with Crippen LogP contribution in [0.1, 0.15) is 36.3 Å². The molecule has 0 saturated carbocycles. The lowest BCUT2D eigenvalue weighted by Gasteiger charge is -2.08. The van der Waals surface area contributed by atoms with E-state index in [9.17, 15) is 4.79 Å². The van der Waals surface area contributed by atoms with Crippen LogP contribution in [0.25, 0.3) is 10.9 Å². The Morgan fingerprint density at radius 1 is 1.38 bits per heavy atom. The van der Waals surface area contributed by atoms with Crippen LogP contribution in [0.3, 0.4) is 0 Å². The van der Waals surface area contributed by atoms with Gasteiger partial charge in [0.1, 0.15) is 0 Å². The molecule has 3 rings (SSSR count). The summed E-state index contributed by atoms with van der Waals surface area (Å²) in [5.41, 5.74) is 2.69. The number of thioether (sulfide) groups is 1. The topological polar surface area (TPSA) is 70.7 Å². The van der Waals surface area contributed by atoms with Crippen LogP contribution >= 0.6 is 23.1 Å². The molecule has 0 unspecified atom stereocenters. The van der Waals surface area contributed by atoms with Crippen molar-refractivity contribution in [2.24, 2.45) is 0 Å². The number of Topliss-reactive ketones (excluding diaryl/α,β-unsaturated/α-hetero) is 1. The fraction of sp³-hybridized carbons (Fsp3) is 0.353. The summed E-state index contributed by atoms with van der Waals surface area (Å²) in [6, 6.07) is 7.91. The Bertz CT molecular complexity index is 855. The number of aromatic nitrogens is 3. The molecular formula is C17H20N4OS2. The first kappa shape index (κ1) is 17.0. The van der Waals surface area contributed by atoms with E-state index in [-0.39, 0.29) is 11.0 Å². The van der Waals surface area contributed by atoms with Crippen molar-refractivity contribution < 1.29 is 4.79 Å². The molecule has 0 saturated heterocycles. The van der Waals surface area contributed by atoms with Crippen LogP contribution in [-0.4, -0.2) is 32.8 Å². The molecule has 24 heavy (non-hydrogen) atoms. The van der Waals surface area contributed by atoms with E-state index in [1.807, 2.05) is 38.1 Å². The minimum absolute atomic E-state index is 0.119. The van der Waals surface area contributed by atoms with Gasteiger partial charge in [-0.15, -0.1) is 10.2 Å². The molecule has 0 aliphatic carbocycles. The number of fused-ring (bicyclic) bond motifs is 1. The van der Waals surface area contributed by atoms with E-state index in [1.165, 1.54) is 23.1 Å². The van der Waals surface area contributed by atoms with Crippen LogP contribution in [-0.2, 0) is 0 Å². The number of benzene rings is 1. The summed E-state index contributed by atoms with van der Waals surface area (Å²) in [5.74, 6) is 0.119. The van der Waals surface area contributed by atoms with Crippen molar-refractivity contribution in [3.05, 3.63) is 35.5 Å². The highest BCUT2D eigenvalue weighted by atomic mass is 32.2. The first-order chi connectivity index (χ1) is 11.6. The van der Waals surface area contributed by atoms with Gasteiger partial charge in [0.2, 0.25) is 5.13 Å². The number of carbonyl (C=O) groups excluding carboxylic acids is 1. The van der Waals surface area contributed by atoms with E-state index in [4.69, 9.17) is 0 Å². The van der Waals surface area contributed by atoms with Gasteiger partial charge in [0, 0.05) is 28.7 Å². The first-order valence-electron chi connectivity index (χ1n) is 7.95. The van der Waals surface area contributed by atoms with Gasteiger partial charge in [-0.25, -0.2) is 0 Å². The van der Waals surface area contributed by atoms with Crippen molar-refractivity contribution in [2.75, 3.05) is 11.9 Å². The molecular weight excluding hydrogens is 340 g/mol. The van der Waals surface area contributed by atoms with Crippen LogP contribution in [0.2, 0.25) is 0 Å². The maximum Gasteiger partial charge on any atom is 0.206 e. The lowest BCUT2D eigenvalue weighted by molar-refractivity contribution is 0.0995. The monoisotopic (exact) mass is 360 g/mol. The van der Waals surface area contributed by atoms with Crippen LogP contribution in [0.5, 0.6) is 0 Å². The van der Waals surface area contributed by atoms with E-state index in [0.29, 0.717) is 0 Å². The number of anilines is 1. The fourth-order valence-corrected chi connectivity index (χ4v) is 4.54. The number of nitrogens with zero attached hydrogens (tertiary/aromatic N) is 2. The first-order valence-corrected chi connectivity index (χ1v) is 9.65. The van der Waals surface area contributed by atoms with Gasteiger partial charge in [-0.05, 0) is 26.3 Å². The highest BCUT2D eigenvalue weighted by Crippen LogP contribution is 2.32. The fourth-order valence-electron chi connectivity index (χ4n) is 2.56. The number of ketones is 1. The molecule has 0 fully saturated rings. The Balaban J connectivity index is 1.76. The minimum atomic E-state index is -0.213. The molecule has 0 radical (unpaired) electrons. The molecule has 3 aromatic rings. The van der Waals surface area contributed by atoms with Gasteiger partial charge in [0.15, 0.2) is 10.1 Å². The number of hydrogen-bond acceptors (Lipinski definition) is 6. The third-order valence-corrected chi connectivity index (χ3v) is 5.78. The molecule has 5 nitrogen and oxygen atoms in total. The summed E-state index contributed by atoms with van der Waals surface area (Å²) in [5, 5.41) is 13.1. The highest BCUT2D eigenvalue weighted by molar-refractivity contribution is 8.02. The summed E-state index contributed by atoms with van der Waals surface area (Å²) in [6.07, 6.45) is 1.04. The zero-order valence-electron chi connectivity index (χ0n) is 13.9. The third-order valence-electron chi connectivity index (χ3n) is 3.72. The van der Waals surface area contributed by atoms with Crippen molar-refractivity contribution in [1.29, 1.82) is 0 Å². The lowest BCUT2D eigenvalue weighted by Crippen LogP contribution is -2.14. The number of hydrogen-bond donors (Lipinski definition) is 2. The maximum absolute atomic E-state index is 12.9. The van der Waals surface area contributed by atoms with Gasteiger partial charge in [0.05, 0.1) is 5.25 Å². The molecule has 0 bridgehead atoms. The average Bonchev–Trinajstić information content (AvgIpc) is 3.15. The summed E-state index contributed by atoms with van der Waals surface area (Å²) in [6.45, 7) is 6.85. The Kier molecular flexibility index (Phi) is 5.20. The molecule has 7 heteroatoms. The standard InChI is InChI=1S/C17H20N4OS2/c1-4-9-18-16-20-21-17(24-16)23-11(3)15(22)14-10(2)19-13-8-6-5-7-12(13)14/h5-8,11,19H,4,9H2,1-3H3,(H,18,20)/t11-/m0/s1. The molecule has 2 heterocycles. The van der Waals surface area contributed by atoms with E-state index in [0.717, 1.165) is 44.6 Å². The van der Waals surface area contributed by atoms with Gasteiger partial charge in [-0.1, -0.05) is 48.2 Å². The van der Waals surface area contributed by atoms with Gasteiger partial charge in [0.25, 0.3) is 0 Å². The minimum Gasteiger partial charge on any atom is -0.360 e. The van der Waals surface area contributed by atoms with Crippen molar-refractivity contribution in [1.82, 2.24) is 15.2 Å². The largest absolute Gasteiger partial charge is 0.360 e. The number of aryl methyl sites for hydroxylation is 1. The smallest absolute Gasteiger partial charge is 0.206 e. The summed E-state index contributed by atoms with van der Waals surface area (Å²) >= 11 is 2.96. The molecule has 2 aromatic heterocycles. The number of para-hydroxylation sites is 1. The van der Waals surface area contributed by atoms with Gasteiger partial charge in [-0.3, -0.25) is 4.79 Å². The van der Waals surface area contributed by atoms with Crippen molar-refractivity contribution in [3.8, 4) is 0 Å². The number of H-pyrrole nitrogens is 1. The molecule has 2 N–H and O–H groups in total. The lowest BCUT2D eigenvalue weighted by atomic mass is 10.1. The second-order valence-corrected chi connectivity index (χ2v) is 8.16. The highest BCUT2D eigenvalue weighted by Gasteiger charge is 2.23. The quantitative estimate of drug-likeness (QED) is 0.479. The predicted molar refractivity (Wildman–Crippen MR) is 101 cm³/mol. The van der Waals surface area contributed by atoms with Gasteiger partial charge >= 0.3 is 0 Å². The molecule has 0 spiro atoms. The Morgan fingerprint density at radius 2 is 2.17 bits per heavy atom. The maximum atomic E-state index is 12.9. The Hall–Kier alpha value is -1.86. The summed E-state index contributed by atoms with van der Waals surface area (Å²) in [7, 11) is 0. The van der Waals surface area contributed by atoms with Crippen molar-refractivity contribution >= 4 is 44.9 Å². The number of rotatable bonds is 7. The van der Waals surface area contributed by atoms with E-state index in [2.05, 4.69) is 27.4 Å². The predicted octanol–water partition coefficient (Wildman–Crippen LogP) is 4.51. The van der Waals surface area contributed by atoms with Gasteiger partial charge in [-0.2, -0.15) is 0 Å². The second kappa shape index (κ2) is 7.36.